The summed E-state index contributed by atoms with van der Waals surface area (Å²) in [7, 11) is 0. The lowest BCUT2D eigenvalue weighted by Crippen LogP contribution is -1.93. The number of hydrogen-bond acceptors (Lipinski definition) is 2. The van der Waals surface area contributed by atoms with Crippen LogP contribution in [-0.4, -0.2) is 5.78 Å². The Hall–Kier alpha value is -2.09. The van der Waals surface area contributed by atoms with Gasteiger partial charge in [0.1, 0.15) is 11.5 Å². The molecular weight excluding hydrogens is 212 g/mol. The minimum atomic E-state index is 0.167. The fourth-order valence-electron chi connectivity index (χ4n) is 2.19. The van der Waals surface area contributed by atoms with Crippen LogP contribution in [0.2, 0.25) is 0 Å². The van der Waals surface area contributed by atoms with Gasteiger partial charge in [-0.05, 0) is 36.3 Å². The highest BCUT2D eigenvalue weighted by molar-refractivity contribution is 6.29. The van der Waals surface area contributed by atoms with Crippen molar-refractivity contribution in [3.63, 3.8) is 0 Å². The first-order chi connectivity index (χ1) is 8.24. The van der Waals surface area contributed by atoms with Crippen molar-refractivity contribution < 1.29 is 9.21 Å². The van der Waals surface area contributed by atoms with Gasteiger partial charge in [-0.1, -0.05) is 24.3 Å². The van der Waals surface area contributed by atoms with Crippen molar-refractivity contribution in [2.75, 3.05) is 0 Å². The molecule has 17 heavy (non-hydrogen) atoms. The van der Waals surface area contributed by atoms with Crippen molar-refractivity contribution in [1.29, 1.82) is 0 Å². The van der Waals surface area contributed by atoms with Crippen LogP contribution < -0.4 is 0 Å². The van der Waals surface area contributed by atoms with E-state index in [1.165, 1.54) is 0 Å². The number of Topliss-reactive ketones (excluding diaryl/α,β-unsaturated/α-hetero) is 1. The molecule has 2 heteroatoms. The first-order valence-corrected chi connectivity index (χ1v) is 5.63. The summed E-state index contributed by atoms with van der Waals surface area (Å²) < 4.78 is 5.48. The van der Waals surface area contributed by atoms with Crippen molar-refractivity contribution in [2.24, 2.45) is 0 Å². The Morgan fingerprint density at radius 3 is 2.76 bits per heavy atom. The second-order valence-corrected chi connectivity index (χ2v) is 4.26. The van der Waals surface area contributed by atoms with Gasteiger partial charge in [0.25, 0.3) is 0 Å². The molecule has 1 aliphatic carbocycles. The Kier molecular flexibility index (Phi) is 2.22. The van der Waals surface area contributed by atoms with Crippen LogP contribution in [0.4, 0.5) is 0 Å². The van der Waals surface area contributed by atoms with Crippen LogP contribution in [0.15, 0.2) is 40.8 Å². The summed E-state index contributed by atoms with van der Waals surface area (Å²) in [4.78, 5) is 11.9. The number of allylic oxidation sites excluding steroid dienone is 1. The molecule has 0 amide bonds. The summed E-state index contributed by atoms with van der Waals surface area (Å²) in [6.45, 7) is 1.90. The Labute approximate surface area is 99.6 Å². The summed E-state index contributed by atoms with van der Waals surface area (Å²) in [5.41, 5.74) is 2.90. The maximum Gasteiger partial charge on any atom is 0.168 e. The standard InChI is InChI=1S/C15H12O2/c1-10-6-7-12(17-10)9-14-13-5-3-2-4-11(13)8-15(14)16/h2-7,9H,8H2,1H3/b14-9-. The van der Waals surface area contributed by atoms with Gasteiger partial charge in [0.05, 0.1) is 0 Å². The van der Waals surface area contributed by atoms with E-state index in [0.717, 1.165) is 28.2 Å². The molecule has 0 spiro atoms. The van der Waals surface area contributed by atoms with Gasteiger partial charge < -0.3 is 4.42 Å². The summed E-state index contributed by atoms with van der Waals surface area (Å²) >= 11 is 0. The molecule has 1 aromatic carbocycles. The van der Waals surface area contributed by atoms with E-state index in [4.69, 9.17) is 4.42 Å². The quantitative estimate of drug-likeness (QED) is 0.696. The number of furan rings is 1. The summed E-state index contributed by atoms with van der Waals surface area (Å²) in [6.07, 6.45) is 2.34. The van der Waals surface area contributed by atoms with Crippen molar-refractivity contribution in [3.05, 3.63) is 59.0 Å². The number of carbonyl (C=O) groups excluding carboxylic acids is 1. The van der Waals surface area contributed by atoms with Crippen molar-refractivity contribution in [3.8, 4) is 0 Å². The molecule has 0 radical (unpaired) electrons. The lowest BCUT2D eigenvalue weighted by atomic mass is 10.1. The second-order valence-electron chi connectivity index (χ2n) is 4.26. The van der Waals surface area contributed by atoms with E-state index in [1.54, 1.807) is 0 Å². The average Bonchev–Trinajstić information content (AvgIpc) is 2.85. The van der Waals surface area contributed by atoms with E-state index in [2.05, 4.69) is 0 Å². The zero-order chi connectivity index (χ0) is 11.8. The summed E-state index contributed by atoms with van der Waals surface area (Å²) in [5.74, 6) is 1.76. The van der Waals surface area contributed by atoms with Gasteiger partial charge in [0.2, 0.25) is 0 Å². The third-order valence-corrected chi connectivity index (χ3v) is 3.01. The molecule has 0 aliphatic heterocycles. The second kappa shape index (κ2) is 3.74. The van der Waals surface area contributed by atoms with E-state index in [9.17, 15) is 4.79 Å². The number of carbonyl (C=O) groups is 1. The predicted molar refractivity (Wildman–Crippen MR) is 66.5 cm³/mol. The Morgan fingerprint density at radius 1 is 1.18 bits per heavy atom. The topological polar surface area (TPSA) is 30.2 Å². The monoisotopic (exact) mass is 224 g/mol. The van der Waals surface area contributed by atoms with Gasteiger partial charge in [0, 0.05) is 12.0 Å². The molecular formula is C15H12O2. The molecule has 1 aliphatic rings. The molecule has 0 saturated carbocycles. The van der Waals surface area contributed by atoms with Gasteiger partial charge in [-0.15, -0.1) is 0 Å². The average molecular weight is 224 g/mol. The van der Waals surface area contributed by atoms with Gasteiger partial charge in [-0.25, -0.2) is 0 Å². The zero-order valence-electron chi connectivity index (χ0n) is 9.57. The lowest BCUT2D eigenvalue weighted by molar-refractivity contribution is -0.112. The lowest BCUT2D eigenvalue weighted by Gasteiger charge is -1.97. The highest BCUT2D eigenvalue weighted by Crippen LogP contribution is 2.31. The highest BCUT2D eigenvalue weighted by atomic mass is 16.3. The molecule has 2 nitrogen and oxygen atoms in total. The maximum atomic E-state index is 11.9. The molecule has 0 fully saturated rings. The fraction of sp³-hybridized carbons (Fsp3) is 0.133. The minimum Gasteiger partial charge on any atom is -0.462 e. The molecule has 2 aromatic rings. The van der Waals surface area contributed by atoms with Gasteiger partial charge in [-0.3, -0.25) is 4.79 Å². The Bertz CT molecular complexity index is 617. The number of rotatable bonds is 1. The van der Waals surface area contributed by atoms with Crippen LogP contribution in [-0.2, 0) is 11.2 Å². The van der Waals surface area contributed by atoms with Crippen LogP contribution in [0, 0.1) is 6.92 Å². The van der Waals surface area contributed by atoms with E-state index < -0.39 is 0 Å². The van der Waals surface area contributed by atoms with Crippen molar-refractivity contribution in [2.45, 2.75) is 13.3 Å². The largest absolute Gasteiger partial charge is 0.462 e. The third kappa shape index (κ3) is 1.72. The summed E-state index contributed by atoms with van der Waals surface area (Å²) in [6, 6.07) is 11.7. The summed E-state index contributed by atoms with van der Waals surface area (Å²) in [5, 5.41) is 0. The van der Waals surface area contributed by atoms with E-state index in [-0.39, 0.29) is 5.78 Å². The molecule has 0 N–H and O–H groups in total. The molecule has 0 atom stereocenters. The van der Waals surface area contributed by atoms with Crippen LogP contribution in [0.3, 0.4) is 0 Å². The normalized spacial score (nSPS) is 16.5. The SMILES string of the molecule is Cc1ccc(/C=C2\C(=O)Cc3ccccc32)o1. The third-order valence-electron chi connectivity index (χ3n) is 3.01. The predicted octanol–water partition coefficient (Wildman–Crippen LogP) is 3.25. The Balaban J connectivity index is 2.09. The first-order valence-electron chi connectivity index (χ1n) is 5.63. The number of fused-ring (bicyclic) bond motifs is 1. The molecule has 0 saturated heterocycles. The molecule has 3 rings (SSSR count). The number of benzene rings is 1. The van der Waals surface area contributed by atoms with Gasteiger partial charge in [-0.2, -0.15) is 0 Å². The molecule has 1 aromatic heterocycles. The molecule has 0 bridgehead atoms. The van der Waals surface area contributed by atoms with E-state index >= 15 is 0 Å². The smallest absolute Gasteiger partial charge is 0.168 e. The van der Waals surface area contributed by atoms with Gasteiger partial charge >= 0.3 is 0 Å². The van der Waals surface area contributed by atoms with Crippen LogP contribution >= 0.6 is 0 Å². The van der Waals surface area contributed by atoms with Gasteiger partial charge in [0.15, 0.2) is 5.78 Å². The van der Waals surface area contributed by atoms with E-state index in [1.807, 2.05) is 49.4 Å². The first kappa shape index (κ1) is 10.1. The number of aryl methyl sites for hydroxylation is 1. The van der Waals surface area contributed by atoms with Crippen LogP contribution in [0.25, 0.3) is 11.6 Å². The van der Waals surface area contributed by atoms with E-state index in [0.29, 0.717) is 6.42 Å². The minimum absolute atomic E-state index is 0.167. The van der Waals surface area contributed by atoms with Crippen molar-refractivity contribution >= 4 is 17.4 Å². The van der Waals surface area contributed by atoms with Crippen LogP contribution in [0.1, 0.15) is 22.6 Å². The fourth-order valence-corrected chi connectivity index (χ4v) is 2.19. The molecule has 1 heterocycles. The van der Waals surface area contributed by atoms with Crippen LogP contribution in [0.5, 0.6) is 0 Å². The van der Waals surface area contributed by atoms with Crippen molar-refractivity contribution in [1.82, 2.24) is 0 Å². The molecule has 84 valence electrons. The molecule has 0 unspecified atom stereocenters. The number of hydrogen-bond donors (Lipinski definition) is 0. The highest BCUT2D eigenvalue weighted by Gasteiger charge is 2.23. The zero-order valence-corrected chi connectivity index (χ0v) is 9.57. The Morgan fingerprint density at radius 2 is 2.00 bits per heavy atom. The number of ketones is 1. The maximum absolute atomic E-state index is 11.9.